The molecule has 0 aliphatic heterocycles. The van der Waals surface area contributed by atoms with Gasteiger partial charge in [0.15, 0.2) is 0 Å². The Balaban J connectivity index is 2.59. The molecule has 0 spiro atoms. The molecule has 0 aliphatic carbocycles. The molecule has 0 heterocycles. The predicted molar refractivity (Wildman–Crippen MR) is 65.7 cm³/mol. The topological polar surface area (TPSA) is 49.8 Å². The zero-order valence-corrected chi connectivity index (χ0v) is 10.5. The highest BCUT2D eigenvalue weighted by atomic mass is 16.5. The smallest absolute Gasteiger partial charge is 0.251 e. The van der Waals surface area contributed by atoms with Crippen molar-refractivity contribution in [3.05, 3.63) is 29.8 Å². The second-order valence-corrected chi connectivity index (χ2v) is 3.96. The zero-order chi connectivity index (χ0) is 12.8. The number of hydrogen-bond acceptors (Lipinski definition) is 3. The Labute approximate surface area is 102 Å². The van der Waals surface area contributed by atoms with E-state index in [1.165, 1.54) is 0 Å². The van der Waals surface area contributed by atoms with E-state index in [0.717, 1.165) is 5.56 Å². The molecular formula is C13H19NO3. The zero-order valence-electron chi connectivity index (χ0n) is 10.5. The predicted octanol–water partition coefficient (Wildman–Crippen LogP) is 1.78. The lowest BCUT2D eigenvalue weighted by Gasteiger charge is -2.21. The van der Waals surface area contributed by atoms with Crippen LogP contribution in [0, 0.1) is 0 Å². The molecule has 1 aromatic carbocycles. The molecule has 4 nitrogen and oxygen atoms in total. The number of ether oxygens (including phenoxy) is 1. The highest BCUT2D eigenvalue weighted by Crippen LogP contribution is 2.13. The highest BCUT2D eigenvalue weighted by Gasteiger charge is 2.17. The van der Waals surface area contributed by atoms with E-state index < -0.39 is 6.10 Å². The van der Waals surface area contributed by atoms with Gasteiger partial charge in [-0.15, -0.1) is 0 Å². The summed E-state index contributed by atoms with van der Waals surface area (Å²) < 4.78 is 5.25. The van der Waals surface area contributed by atoms with Crippen molar-refractivity contribution < 1.29 is 14.6 Å². The van der Waals surface area contributed by atoms with Crippen molar-refractivity contribution in [2.24, 2.45) is 0 Å². The first-order valence-electron chi connectivity index (χ1n) is 5.69. The van der Waals surface area contributed by atoms with E-state index in [1.807, 2.05) is 13.0 Å². The normalized spacial score (nSPS) is 12.2. The van der Waals surface area contributed by atoms with E-state index in [1.54, 1.807) is 37.1 Å². The number of aromatic hydroxyl groups is 1. The van der Waals surface area contributed by atoms with Crippen LogP contribution in [-0.4, -0.2) is 35.7 Å². The van der Waals surface area contributed by atoms with Crippen LogP contribution in [0.5, 0.6) is 5.75 Å². The van der Waals surface area contributed by atoms with Gasteiger partial charge < -0.3 is 14.7 Å². The summed E-state index contributed by atoms with van der Waals surface area (Å²) in [5.41, 5.74) is 0.893. The van der Waals surface area contributed by atoms with E-state index in [-0.39, 0.29) is 11.7 Å². The number of phenolic OH excluding ortho intramolecular Hbond substituents is 1. The third-order valence-electron chi connectivity index (χ3n) is 2.47. The molecule has 0 aliphatic rings. The van der Waals surface area contributed by atoms with Crippen LogP contribution in [-0.2, 0) is 16.1 Å². The number of amides is 1. The molecule has 0 aromatic heterocycles. The molecule has 94 valence electrons. The van der Waals surface area contributed by atoms with Crippen LogP contribution in [0.1, 0.15) is 19.4 Å². The molecule has 0 fully saturated rings. The van der Waals surface area contributed by atoms with Crippen LogP contribution in [0.4, 0.5) is 0 Å². The van der Waals surface area contributed by atoms with Gasteiger partial charge in [0.1, 0.15) is 11.9 Å². The number of benzene rings is 1. The van der Waals surface area contributed by atoms with Crippen LogP contribution in [0.25, 0.3) is 0 Å². The fourth-order valence-electron chi connectivity index (χ4n) is 1.64. The first-order chi connectivity index (χ1) is 8.04. The number of carbonyl (C=O) groups excluding carboxylic acids is 1. The summed E-state index contributed by atoms with van der Waals surface area (Å²) in [6, 6.07) is 6.88. The molecule has 0 bridgehead atoms. The molecule has 0 saturated carbocycles. The second-order valence-electron chi connectivity index (χ2n) is 3.96. The number of rotatable bonds is 5. The first kappa shape index (κ1) is 13.5. The quantitative estimate of drug-likeness (QED) is 0.849. The van der Waals surface area contributed by atoms with E-state index >= 15 is 0 Å². The third-order valence-corrected chi connectivity index (χ3v) is 2.47. The van der Waals surface area contributed by atoms with Crippen LogP contribution >= 0.6 is 0 Å². The Morgan fingerprint density at radius 3 is 2.82 bits per heavy atom. The van der Waals surface area contributed by atoms with Crippen molar-refractivity contribution in [2.45, 2.75) is 26.5 Å². The number of hydrogen-bond donors (Lipinski definition) is 1. The number of likely N-dealkylation sites (N-methyl/N-ethyl adjacent to an activating group) is 1. The minimum atomic E-state index is -0.428. The molecule has 1 amide bonds. The summed E-state index contributed by atoms with van der Waals surface area (Å²) in [6.45, 7) is 4.58. The highest BCUT2D eigenvalue weighted by molar-refractivity contribution is 5.80. The van der Waals surface area contributed by atoms with Gasteiger partial charge in [0, 0.05) is 20.2 Å². The molecule has 1 rings (SSSR count). The van der Waals surface area contributed by atoms with Crippen molar-refractivity contribution in [1.29, 1.82) is 0 Å². The van der Waals surface area contributed by atoms with Gasteiger partial charge in [0.05, 0.1) is 0 Å². The fourth-order valence-corrected chi connectivity index (χ4v) is 1.64. The lowest BCUT2D eigenvalue weighted by atomic mass is 10.2. The first-order valence-corrected chi connectivity index (χ1v) is 5.69. The number of nitrogens with zero attached hydrogens (tertiary/aromatic N) is 1. The van der Waals surface area contributed by atoms with Crippen LogP contribution in [0.2, 0.25) is 0 Å². The van der Waals surface area contributed by atoms with Crippen molar-refractivity contribution in [2.75, 3.05) is 13.7 Å². The lowest BCUT2D eigenvalue weighted by molar-refractivity contribution is -0.141. The van der Waals surface area contributed by atoms with E-state index in [0.29, 0.717) is 13.2 Å². The Hall–Kier alpha value is -1.55. The Bertz CT molecular complexity index is 379. The van der Waals surface area contributed by atoms with E-state index in [4.69, 9.17) is 4.74 Å². The maximum absolute atomic E-state index is 11.9. The fraction of sp³-hybridized carbons (Fsp3) is 0.462. The van der Waals surface area contributed by atoms with Crippen LogP contribution in [0.3, 0.4) is 0 Å². The average molecular weight is 237 g/mol. The molecule has 1 atom stereocenters. The molecule has 0 saturated heterocycles. The minimum Gasteiger partial charge on any atom is -0.508 e. The number of carbonyl (C=O) groups is 1. The molecular weight excluding hydrogens is 218 g/mol. The van der Waals surface area contributed by atoms with Gasteiger partial charge in [-0.25, -0.2) is 0 Å². The molecule has 1 aromatic rings. The Morgan fingerprint density at radius 1 is 1.53 bits per heavy atom. The largest absolute Gasteiger partial charge is 0.508 e. The summed E-state index contributed by atoms with van der Waals surface area (Å²) in [7, 11) is 1.72. The monoisotopic (exact) mass is 237 g/mol. The van der Waals surface area contributed by atoms with Crippen LogP contribution < -0.4 is 0 Å². The molecule has 1 N–H and O–H groups in total. The summed E-state index contributed by atoms with van der Waals surface area (Å²) in [4.78, 5) is 13.5. The van der Waals surface area contributed by atoms with Gasteiger partial charge in [0.2, 0.25) is 0 Å². The van der Waals surface area contributed by atoms with Gasteiger partial charge >= 0.3 is 0 Å². The third kappa shape index (κ3) is 4.07. The van der Waals surface area contributed by atoms with Gasteiger partial charge in [-0.05, 0) is 31.5 Å². The summed E-state index contributed by atoms with van der Waals surface area (Å²) in [6.07, 6.45) is -0.428. The maximum atomic E-state index is 11.9. The Morgan fingerprint density at radius 2 is 2.24 bits per heavy atom. The van der Waals surface area contributed by atoms with E-state index in [2.05, 4.69) is 0 Å². The maximum Gasteiger partial charge on any atom is 0.251 e. The van der Waals surface area contributed by atoms with Gasteiger partial charge in [-0.2, -0.15) is 0 Å². The molecule has 17 heavy (non-hydrogen) atoms. The van der Waals surface area contributed by atoms with Crippen molar-refractivity contribution >= 4 is 5.91 Å². The minimum absolute atomic E-state index is 0.0600. The standard InChI is InChI=1S/C13H19NO3/c1-4-17-10(2)13(16)14(3)9-11-6-5-7-12(15)8-11/h5-8,10,15H,4,9H2,1-3H3/t10-/m1/s1. The Kier molecular flexibility index (Phi) is 4.97. The van der Waals surface area contributed by atoms with Gasteiger partial charge in [-0.3, -0.25) is 4.79 Å². The van der Waals surface area contributed by atoms with Crippen molar-refractivity contribution in [3.63, 3.8) is 0 Å². The van der Waals surface area contributed by atoms with Crippen molar-refractivity contribution in [1.82, 2.24) is 4.90 Å². The number of phenols is 1. The molecule has 4 heteroatoms. The summed E-state index contributed by atoms with van der Waals surface area (Å²) >= 11 is 0. The lowest BCUT2D eigenvalue weighted by Crippen LogP contribution is -2.35. The SMILES string of the molecule is CCO[C@H](C)C(=O)N(C)Cc1cccc(O)c1. The summed E-state index contributed by atoms with van der Waals surface area (Å²) in [5.74, 6) is 0.149. The summed E-state index contributed by atoms with van der Waals surface area (Å²) in [5, 5.41) is 9.33. The van der Waals surface area contributed by atoms with Crippen molar-refractivity contribution in [3.8, 4) is 5.75 Å². The van der Waals surface area contributed by atoms with E-state index in [9.17, 15) is 9.90 Å². The molecule has 0 radical (unpaired) electrons. The van der Waals surface area contributed by atoms with Gasteiger partial charge in [0.25, 0.3) is 5.91 Å². The average Bonchev–Trinajstić information content (AvgIpc) is 2.28. The van der Waals surface area contributed by atoms with Crippen LogP contribution in [0.15, 0.2) is 24.3 Å². The molecule has 0 unspecified atom stereocenters. The van der Waals surface area contributed by atoms with Gasteiger partial charge in [-0.1, -0.05) is 12.1 Å². The second kappa shape index (κ2) is 6.25.